The first-order chi connectivity index (χ1) is 8.43. The molecule has 0 unspecified atom stereocenters. The van der Waals surface area contributed by atoms with Crippen LogP contribution in [0, 0.1) is 5.82 Å². The van der Waals surface area contributed by atoms with Crippen LogP contribution in [0.15, 0.2) is 9.59 Å². The molecule has 1 aromatic heterocycles. The molecular formula is C9H14FN3O5S. The Labute approximate surface area is 107 Å². The highest BCUT2D eigenvalue weighted by Crippen LogP contribution is 2.13. The third kappa shape index (κ3) is 3.89. The third-order valence-electron chi connectivity index (χ3n) is 2.13. The SMILES string of the molecule is CC(C)(Cn1c(O)c(F)c(=O)[nH]c1=O)NS(C)(=O)=O. The molecule has 10 heteroatoms. The molecule has 0 atom stereocenters. The van der Waals surface area contributed by atoms with Gasteiger partial charge in [-0.05, 0) is 13.8 Å². The number of nitrogens with one attached hydrogen (secondary N) is 2. The van der Waals surface area contributed by atoms with E-state index in [-0.39, 0.29) is 6.54 Å². The summed E-state index contributed by atoms with van der Waals surface area (Å²) >= 11 is 0. The maximum Gasteiger partial charge on any atom is 0.331 e. The van der Waals surface area contributed by atoms with Gasteiger partial charge in [0.1, 0.15) is 0 Å². The Kier molecular flexibility index (Phi) is 3.87. The Bertz CT molecular complexity index is 704. The van der Waals surface area contributed by atoms with E-state index in [0.717, 1.165) is 6.26 Å². The highest BCUT2D eigenvalue weighted by Gasteiger charge is 2.26. The van der Waals surface area contributed by atoms with Crippen LogP contribution in [0.25, 0.3) is 0 Å². The molecule has 0 amide bonds. The average molecular weight is 295 g/mol. The van der Waals surface area contributed by atoms with Crippen molar-refractivity contribution in [1.29, 1.82) is 0 Å². The third-order valence-corrected chi connectivity index (χ3v) is 3.06. The smallest absolute Gasteiger partial charge is 0.331 e. The summed E-state index contributed by atoms with van der Waals surface area (Å²) in [6.07, 6.45) is 0.921. The summed E-state index contributed by atoms with van der Waals surface area (Å²) in [6, 6.07) is 0. The molecule has 8 nitrogen and oxygen atoms in total. The standard InChI is InChI=1S/C9H14FN3O5S/c1-9(2,12-19(3,17)18)4-13-7(15)5(10)6(14)11-8(13)16/h12,15H,4H2,1-3H3,(H,11,14,16). The number of halogens is 1. The van der Waals surface area contributed by atoms with Gasteiger partial charge in [0.05, 0.1) is 6.26 Å². The zero-order chi connectivity index (χ0) is 15.0. The summed E-state index contributed by atoms with van der Waals surface area (Å²) in [5.41, 5.74) is -3.54. The van der Waals surface area contributed by atoms with Gasteiger partial charge in [-0.25, -0.2) is 17.9 Å². The maximum atomic E-state index is 13.2. The fourth-order valence-electron chi connectivity index (χ4n) is 1.61. The molecule has 0 spiro atoms. The second kappa shape index (κ2) is 4.78. The van der Waals surface area contributed by atoms with E-state index >= 15 is 0 Å². The monoisotopic (exact) mass is 295 g/mol. The summed E-state index contributed by atoms with van der Waals surface area (Å²) in [7, 11) is -3.56. The van der Waals surface area contributed by atoms with E-state index in [0.29, 0.717) is 4.57 Å². The van der Waals surface area contributed by atoms with E-state index in [9.17, 15) is 27.5 Å². The number of aromatic nitrogens is 2. The Hall–Kier alpha value is -1.68. The van der Waals surface area contributed by atoms with Crippen LogP contribution < -0.4 is 16.0 Å². The van der Waals surface area contributed by atoms with Crippen LogP contribution in [0.4, 0.5) is 4.39 Å². The van der Waals surface area contributed by atoms with Gasteiger partial charge in [-0.15, -0.1) is 0 Å². The number of sulfonamides is 1. The van der Waals surface area contributed by atoms with Gasteiger partial charge >= 0.3 is 5.69 Å². The molecule has 0 aliphatic carbocycles. The van der Waals surface area contributed by atoms with E-state index in [2.05, 4.69) is 4.72 Å². The molecule has 0 aromatic carbocycles. The second-order valence-corrected chi connectivity index (χ2v) is 6.49. The largest absolute Gasteiger partial charge is 0.492 e. The van der Waals surface area contributed by atoms with Gasteiger partial charge in [-0.3, -0.25) is 14.3 Å². The molecule has 0 aliphatic heterocycles. The summed E-state index contributed by atoms with van der Waals surface area (Å²) < 4.78 is 38.2. The molecule has 0 saturated heterocycles. The quantitative estimate of drug-likeness (QED) is 0.638. The first-order valence-electron chi connectivity index (χ1n) is 5.13. The fraction of sp³-hybridized carbons (Fsp3) is 0.556. The second-order valence-electron chi connectivity index (χ2n) is 4.74. The molecule has 1 heterocycles. The van der Waals surface area contributed by atoms with Crippen molar-refractivity contribution in [2.45, 2.75) is 25.9 Å². The Balaban J connectivity index is 3.24. The Morgan fingerprint density at radius 2 is 1.95 bits per heavy atom. The van der Waals surface area contributed by atoms with Crippen molar-refractivity contribution in [2.24, 2.45) is 0 Å². The van der Waals surface area contributed by atoms with E-state index in [4.69, 9.17) is 0 Å². The highest BCUT2D eigenvalue weighted by molar-refractivity contribution is 7.88. The first kappa shape index (κ1) is 15.4. The van der Waals surface area contributed by atoms with Crippen molar-refractivity contribution in [3.8, 4) is 5.88 Å². The van der Waals surface area contributed by atoms with Crippen LogP contribution in [-0.2, 0) is 16.6 Å². The van der Waals surface area contributed by atoms with Gasteiger partial charge in [-0.2, -0.15) is 4.39 Å². The number of nitrogens with zero attached hydrogens (tertiary/aromatic N) is 1. The van der Waals surface area contributed by atoms with E-state index in [1.165, 1.54) is 13.8 Å². The minimum Gasteiger partial charge on any atom is -0.492 e. The lowest BCUT2D eigenvalue weighted by Gasteiger charge is -2.26. The van der Waals surface area contributed by atoms with Crippen molar-refractivity contribution in [2.75, 3.05) is 6.26 Å². The van der Waals surface area contributed by atoms with Gasteiger partial charge < -0.3 is 5.11 Å². The van der Waals surface area contributed by atoms with Crippen molar-refractivity contribution < 1.29 is 17.9 Å². The van der Waals surface area contributed by atoms with Crippen LogP contribution in [-0.4, -0.2) is 34.9 Å². The predicted molar refractivity (Wildman–Crippen MR) is 65.0 cm³/mol. The zero-order valence-corrected chi connectivity index (χ0v) is 11.3. The predicted octanol–water partition coefficient (Wildman–Crippen LogP) is -1.29. The fourth-order valence-corrected chi connectivity index (χ4v) is 2.68. The first-order valence-corrected chi connectivity index (χ1v) is 7.02. The minimum absolute atomic E-state index is 0.363. The van der Waals surface area contributed by atoms with Crippen LogP contribution in [0.1, 0.15) is 13.8 Å². The van der Waals surface area contributed by atoms with Crippen molar-refractivity contribution in [3.05, 3.63) is 26.7 Å². The Morgan fingerprint density at radius 1 is 1.42 bits per heavy atom. The van der Waals surface area contributed by atoms with E-state index in [1.807, 2.05) is 0 Å². The number of hydrogen-bond acceptors (Lipinski definition) is 5. The molecule has 1 rings (SSSR count). The van der Waals surface area contributed by atoms with Gasteiger partial charge in [0.2, 0.25) is 21.7 Å². The lowest BCUT2D eigenvalue weighted by molar-refractivity contribution is 0.314. The number of aromatic hydroxyl groups is 1. The van der Waals surface area contributed by atoms with Crippen LogP contribution in [0.5, 0.6) is 5.88 Å². The van der Waals surface area contributed by atoms with Gasteiger partial charge in [-0.1, -0.05) is 0 Å². The van der Waals surface area contributed by atoms with Crippen LogP contribution in [0.2, 0.25) is 0 Å². The lowest BCUT2D eigenvalue weighted by atomic mass is 10.1. The van der Waals surface area contributed by atoms with E-state index < -0.39 is 38.5 Å². The van der Waals surface area contributed by atoms with Crippen LogP contribution in [0.3, 0.4) is 0 Å². The Morgan fingerprint density at radius 3 is 2.42 bits per heavy atom. The lowest BCUT2D eigenvalue weighted by Crippen LogP contribution is -2.48. The van der Waals surface area contributed by atoms with Gasteiger partial charge in [0.25, 0.3) is 5.56 Å². The number of hydrogen-bond donors (Lipinski definition) is 3. The highest BCUT2D eigenvalue weighted by atomic mass is 32.2. The summed E-state index contributed by atoms with van der Waals surface area (Å²) in [4.78, 5) is 24.0. The summed E-state index contributed by atoms with van der Waals surface area (Å²) in [5.74, 6) is -2.65. The zero-order valence-electron chi connectivity index (χ0n) is 10.5. The normalized spacial score (nSPS) is 12.6. The molecule has 1 aromatic rings. The summed E-state index contributed by atoms with van der Waals surface area (Å²) in [5, 5.41) is 9.41. The van der Waals surface area contributed by atoms with Crippen molar-refractivity contribution >= 4 is 10.0 Å². The number of aromatic amines is 1. The molecule has 19 heavy (non-hydrogen) atoms. The number of H-pyrrole nitrogens is 1. The summed E-state index contributed by atoms with van der Waals surface area (Å²) in [6.45, 7) is 2.50. The molecule has 0 bridgehead atoms. The molecule has 0 aliphatic rings. The van der Waals surface area contributed by atoms with E-state index in [1.54, 1.807) is 4.98 Å². The van der Waals surface area contributed by atoms with Crippen molar-refractivity contribution in [1.82, 2.24) is 14.3 Å². The van der Waals surface area contributed by atoms with Gasteiger partial charge in [0.15, 0.2) is 0 Å². The van der Waals surface area contributed by atoms with Gasteiger partial charge in [0, 0.05) is 12.1 Å². The molecular weight excluding hydrogens is 281 g/mol. The maximum absolute atomic E-state index is 13.2. The minimum atomic E-state index is -3.56. The molecule has 0 radical (unpaired) electrons. The molecule has 0 saturated carbocycles. The molecule has 0 fully saturated rings. The molecule has 108 valence electrons. The molecule has 3 N–H and O–H groups in total. The average Bonchev–Trinajstić information content (AvgIpc) is 2.18. The van der Waals surface area contributed by atoms with Crippen molar-refractivity contribution in [3.63, 3.8) is 0 Å². The van der Waals surface area contributed by atoms with Crippen LogP contribution >= 0.6 is 0 Å². The number of rotatable bonds is 4. The topological polar surface area (TPSA) is 121 Å².